The van der Waals surface area contributed by atoms with Crippen LogP contribution >= 0.6 is 11.6 Å². The van der Waals surface area contributed by atoms with E-state index in [2.05, 4.69) is 14.9 Å². The van der Waals surface area contributed by atoms with Crippen molar-refractivity contribution in [3.05, 3.63) is 28.5 Å². The summed E-state index contributed by atoms with van der Waals surface area (Å²) >= 11 is 5.59. The monoisotopic (exact) mass is 214 g/mol. The molecule has 0 aromatic carbocycles. The fourth-order valence-electron chi connectivity index (χ4n) is 0.894. The SMILES string of the molecule is COC(=O)c1cnc(Cl)cc1/C=N/O. The van der Waals surface area contributed by atoms with Gasteiger partial charge in [0, 0.05) is 11.8 Å². The summed E-state index contributed by atoms with van der Waals surface area (Å²) in [6.45, 7) is 0. The van der Waals surface area contributed by atoms with Crippen LogP contribution in [0.2, 0.25) is 5.15 Å². The van der Waals surface area contributed by atoms with Crippen LogP contribution < -0.4 is 0 Å². The Balaban J connectivity index is 3.21. The molecule has 0 amide bonds. The molecule has 74 valence electrons. The van der Waals surface area contributed by atoms with E-state index in [-0.39, 0.29) is 10.7 Å². The molecule has 5 nitrogen and oxygen atoms in total. The second-order valence-electron chi connectivity index (χ2n) is 2.33. The van der Waals surface area contributed by atoms with Crippen LogP contribution in [0.1, 0.15) is 15.9 Å². The van der Waals surface area contributed by atoms with Gasteiger partial charge in [0.15, 0.2) is 0 Å². The number of nitrogens with zero attached hydrogens (tertiary/aromatic N) is 2. The average Bonchev–Trinajstić information content (AvgIpc) is 2.17. The van der Waals surface area contributed by atoms with Crippen molar-refractivity contribution in [3.8, 4) is 0 Å². The second-order valence-corrected chi connectivity index (χ2v) is 2.72. The van der Waals surface area contributed by atoms with Crippen molar-refractivity contribution in [2.75, 3.05) is 7.11 Å². The Morgan fingerprint density at radius 1 is 1.79 bits per heavy atom. The van der Waals surface area contributed by atoms with E-state index in [4.69, 9.17) is 16.8 Å². The normalized spacial score (nSPS) is 10.4. The Morgan fingerprint density at radius 2 is 2.50 bits per heavy atom. The lowest BCUT2D eigenvalue weighted by atomic mass is 10.1. The van der Waals surface area contributed by atoms with Gasteiger partial charge in [0.1, 0.15) is 5.15 Å². The summed E-state index contributed by atoms with van der Waals surface area (Å²) in [5, 5.41) is 11.3. The third-order valence-corrected chi connectivity index (χ3v) is 1.71. The van der Waals surface area contributed by atoms with Gasteiger partial charge in [0.05, 0.1) is 18.9 Å². The highest BCUT2D eigenvalue weighted by Crippen LogP contribution is 2.12. The molecule has 0 spiro atoms. The van der Waals surface area contributed by atoms with Crippen LogP contribution in [0, 0.1) is 0 Å². The lowest BCUT2D eigenvalue weighted by Gasteiger charge is -2.02. The Morgan fingerprint density at radius 3 is 3.07 bits per heavy atom. The molecule has 1 aromatic rings. The quantitative estimate of drug-likeness (QED) is 0.265. The first kappa shape index (κ1) is 10.5. The number of carbonyl (C=O) groups excluding carboxylic acids is 1. The number of hydrogen-bond acceptors (Lipinski definition) is 5. The number of esters is 1. The minimum Gasteiger partial charge on any atom is -0.465 e. The molecule has 0 bridgehead atoms. The third kappa shape index (κ3) is 2.20. The highest BCUT2D eigenvalue weighted by molar-refractivity contribution is 6.29. The van der Waals surface area contributed by atoms with Crippen LogP contribution in [0.25, 0.3) is 0 Å². The maximum Gasteiger partial charge on any atom is 0.340 e. The van der Waals surface area contributed by atoms with Crippen molar-refractivity contribution in [1.82, 2.24) is 4.98 Å². The summed E-state index contributed by atoms with van der Waals surface area (Å²) in [4.78, 5) is 14.9. The number of hydrogen-bond donors (Lipinski definition) is 1. The molecule has 1 heterocycles. The van der Waals surface area contributed by atoms with Gasteiger partial charge in [-0.2, -0.15) is 0 Å². The van der Waals surface area contributed by atoms with Crippen molar-refractivity contribution in [2.24, 2.45) is 5.16 Å². The minimum atomic E-state index is -0.566. The fourth-order valence-corrected chi connectivity index (χ4v) is 1.06. The summed E-state index contributed by atoms with van der Waals surface area (Å²) in [5.41, 5.74) is 0.536. The zero-order valence-corrected chi connectivity index (χ0v) is 8.02. The Kier molecular flexibility index (Phi) is 3.41. The van der Waals surface area contributed by atoms with Crippen LogP contribution in [0.3, 0.4) is 0 Å². The van der Waals surface area contributed by atoms with Gasteiger partial charge in [-0.05, 0) is 6.07 Å². The number of oxime groups is 1. The number of halogens is 1. The topological polar surface area (TPSA) is 71.8 Å². The van der Waals surface area contributed by atoms with E-state index >= 15 is 0 Å². The van der Waals surface area contributed by atoms with Gasteiger partial charge in [0.25, 0.3) is 0 Å². The molecule has 6 heteroatoms. The molecule has 1 aromatic heterocycles. The van der Waals surface area contributed by atoms with Gasteiger partial charge in [-0.1, -0.05) is 16.8 Å². The van der Waals surface area contributed by atoms with Crippen LogP contribution in [-0.2, 0) is 4.74 Å². The molecular weight excluding hydrogens is 208 g/mol. The predicted octanol–water partition coefficient (Wildman–Crippen LogP) is 1.33. The Labute approximate surface area is 85.0 Å². The summed E-state index contributed by atoms with van der Waals surface area (Å²) < 4.78 is 4.50. The predicted molar refractivity (Wildman–Crippen MR) is 50.0 cm³/mol. The fraction of sp³-hybridized carbons (Fsp3) is 0.125. The van der Waals surface area contributed by atoms with Gasteiger partial charge in [-0.15, -0.1) is 0 Å². The second kappa shape index (κ2) is 4.57. The van der Waals surface area contributed by atoms with Crippen LogP contribution in [0.5, 0.6) is 0 Å². The zero-order chi connectivity index (χ0) is 10.6. The lowest BCUT2D eigenvalue weighted by molar-refractivity contribution is 0.0600. The van der Waals surface area contributed by atoms with E-state index in [9.17, 15) is 4.79 Å². The number of rotatable bonds is 2. The van der Waals surface area contributed by atoms with Crippen molar-refractivity contribution in [2.45, 2.75) is 0 Å². The molecule has 0 fully saturated rings. The van der Waals surface area contributed by atoms with Gasteiger partial charge in [-0.3, -0.25) is 0 Å². The smallest absolute Gasteiger partial charge is 0.340 e. The molecule has 0 atom stereocenters. The van der Waals surface area contributed by atoms with Gasteiger partial charge in [-0.25, -0.2) is 9.78 Å². The number of pyridine rings is 1. The molecule has 14 heavy (non-hydrogen) atoms. The highest BCUT2D eigenvalue weighted by atomic mass is 35.5. The average molecular weight is 215 g/mol. The number of aromatic nitrogens is 1. The summed E-state index contributed by atoms with van der Waals surface area (Å²) in [6.07, 6.45) is 2.34. The first-order chi connectivity index (χ1) is 6.69. The summed E-state index contributed by atoms with van der Waals surface area (Å²) in [6, 6.07) is 1.40. The highest BCUT2D eigenvalue weighted by Gasteiger charge is 2.11. The molecule has 1 rings (SSSR count). The van der Waals surface area contributed by atoms with Gasteiger partial charge in [0.2, 0.25) is 0 Å². The van der Waals surface area contributed by atoms with E-state index in [1.165, 1.54) is 19.4 Å². The molecule has 1 N–H and O–H groups in total. The van der Waals surface area contributed by atoms with E-state index in [1.807, 2.05) is 0 Å². The largest absolute Gasteiger partial charge is 0.465 e. The number of carbonyl (C=O) groups is 1. The maximum atomic E-state index is 11.2. The van der Waals surface area contributed by atoms with Crippen LogP contribution in [0.4, 0.5) is 0 Å². The zero-order valence-electron chi connectivity index (χ0n) is 7.27. The minimum absolute atomic E-state index is 0.190. The molecule has 0 saturated heterocycles. The third-order valence-electron chi connectivity index (χ3n) is 1.50. The summed E-state index contributed by atoms with van der Waals surface area (Å²) in [5.74, 6) is -0.566. The first-order valence-electron chi connectivity index (χ1n) is 3.60. The van der Waals surface area contributed by atoms with E-state index in [0.29, 0.717) is 5.56 Å². The van der Waals surface area contributed by atoms with E-state index in [0.717, 1.165) is 6.21 Å². The molecular formula is C8H7ClN2O3. The number of ether oxygens (including phenoxy) is 1. The van der Waals surface area contributed by atoms with E-state index in [1.54, 1.807) is 0 Å². The first-order valence-corrected chi connectivity index (χ1v) is 3.98. The van der Waals surface area contributed by atoms with Crippen molar-refractivity contribution in [1.29, 1.82) is 0 Å². The molecule has 0 unspecified atom stereocenters. The van der Waals surface area contributed by atoms with Crippen molar-refractivity contribution >= 4 is 23.8 Å². The van der Waals surface area contributed by atoms with Crippen LogP contribution in [-0.4, -0.2) is 29.5 Å². The maximum absolute atomic E-state index is 11.2. The number of methoxy groups -OCH3 is 1. The van der Waals surface area contributed by atoms with Crippen molar-refractivity contribution in [3.63, 3.8) is 0 Å². The lowest BCUT2D eigenvalue weighted by Crippen LogP contribution is -2.06. The molecule has 0 radical (unpaired) electrons. The van der Waals surface area contributed by atoms with Crippen LogP contribution in [0.15, 0.2) is 17.4 Å². The molecule has 0 aliphatic carbocycles. The Bertz CT molecular complexity index is 379. The molecule has 0 aliphatic rings. The van der Waals surface area contributed by atoms with E-state index < -0.39 is 5.97 Å². The van der Waals surface area contributed by atoms with Crippen molar-refractivity contribution < 1.29 is 14.7 Å². The summed E-state index contributed by atoms with van der Waals surface area (Å²) in [7, 11) is 1.25. The van der Waals surface area contributed by atoms with Gasteiger partial charge >= 0.3 is 5.97 Å². The molecule has 0 aliphatic heterocycles. The Hall–Kier alpha value is -1.62. The van der Waals surface area contributed by atoms with Gasteiger partial charge < -0.3 is 9.94 Å². The molecule has 0 saturated carbocycles. The standard InChI is InChI=1S/C8H7ClN2O3/c1-14-8(12)6-4-10-7(9)2-5(6)3-11-13/h2-4,13H,1H3/b11-3+.